The minimum atomic E-state index is -0.638. The van der Waals surface area contributed by atoms with E-state index in [2.05, 4.69) is 15.1 Å². The van der Waals surface area contributed by atoms with E-state index >= 15 is 0 Å². The Bertz CT molecular complexity index is 663. The monoisotopic (exact) mass is 272 g/mol. The smallest absolute Gasteiger partial charge is 0.271 e. The average molecular weight is 272 g/mol. The summed E-state index contributed by atoms with van der Waals surface area (Å²) in [5, 5.41) is 4.15. The first-order valence-corrected chi connectivity index (χ1v) is 6.65. The number of nitrogen functional groups attached to an aromatic ring is 1. The van der Waals surface area contributed by atoms with Gasteiger partial charge in [0.2, 0.25) is 0 Å². The molecule has 0 unspecified atom stereocenters. The summed E-state index contributed by atoms with van der Waals surface area (Å²) >= 11 is 0. The van der Waals surface area contributed by atoms with Gasteiger partial charge in [-0.25, -0.2) is 14.6 Å². The average Bonchev–Trinajstić information content (AvgIpc) is 2.67. The van der Waals surface area contributed by atoms with E-state index in [4.69, 9.17) is 11.5 Å². The molecule has 0 spiro atoms. The molecule has 0 saturated carbocycles. The highest BCUT2D eigenvalue weighted by Gasteiger charge is 2.18. The van der Waals surface area contributed by atoms with Crippen molar-refractivity contribution in [2.45, 2.75) is 32.1 Å². The topological polar surface area (TPSA) is 113 Å². The SMILES string of the molecule is NC(=O)c1nn(-c2ncnc3c2CCCCC3)cc1N. The minimum absolute atomic E-state index is 0.0750. The molecule has 1 amide bonds. The fraction of sp³-hybridized carbons (Fsp3) is 0.385. The Hall–Kier alpha value is -2.44. The Morgan fingerprint density at radius 2 is 2.00 bits per heavy atom. The lowest BCUT2D eigenvalue weighted by Gasteiger charge is -2.09. The van der Waals surface area contributed by atoms with Crippen LogP contribution in [-0.4, -0.2) is 25.7 Å². The summed E-state index contributed by atoms with van der Waals surface area (Å²) in [5.41, 5.74) is 13.5. The van der Waals surface area contributed by atoms with E-state index in [9.17, 15) is 4.79 Å². The molecular weight excluding hydrogens is 256 g/mol. The van der Waals surface area contributed by atoms with Crippen molar-refractivity contribution in [3.63, 3.8) is 0 Å². The largest absolute Gasteiger partial charge is 0.396 e. The number of hydrogen-bond donors (Lipinski definition) is 2. The summed E-state index contributed by atoms with van der Waals surface area (Å²) in [6, 6.07) is 0. The highest BCUT2D eigenvalue weighted by Crippen LogP contribution is 2.23. The highest BCUT2D eigenvalue weighted by atomic mass is 16.1. The van der Waals surface area contributed by atoms with Crippen molar-refractivity contribution in [1.29, 1.82) is 0 Å². The van der Waals surface area contributed by atoms with Crippen LogP contribution in [0.25, 0.3) is 5.82 Å². The molecule has 1 aliphatic rings. The Balaban J connectivity index is 2.10. The molecule has 0 atom stereocenters. The molecule has 4 N–H and O–H groups in total. The molecule has 0 fully saturated rings. The lowest BCUT2D eigenvalue weighted by atomic mass is 10.1. The summed E-state index contributed by atoms with van der Waals surface area (Å²) in [6.07, 6.45) is 8.39. The van der Waals surface area contributed by atoms with E-state index in [1.54, 1.807) is 6.20 Å². The summed E-state index contributed by atoms with van der Waals surface area (Å²) in [6.45, 7) is 0. The molecule has 3 rings (SSSR count). The Morgan fingerprint density at radius 1 is 1.20 bits per heavy atom. The quantitative estimate of drug-likeness (QED) is 0.778. The molecule has 7 nitrogen and oxygen atoms in total. The van der Waals surface area contributed by atoms with E-state index in [1.807, 2.05) is 0 Å². The lowest BCUT2D eigenvalue weighted by Crippen LogP contribution is -2.14. The van der Waals surface area contributed by atoms with Gasteiger partial charge in [0.05, 0.1) is 11.9 Å². The van der Waals surface area contributed by atoms with E-state index in [-0.39, 0.29) is 11.4 Å². The van der Waals surface area contributed by atoms with Crippen molar-refractivity contribution in [2.24, 2.45) is 5.73 Å². The molecule has 1 aliphatic carbocycles. The fourth-order valence-electron chi connectivity index (χ4n) is 2.57. The number of hydrogen-bond acceptors (Lipinski definition) is 5. The van der Waals surface area contributed by atoms with Crippen LogP contribution >= 0.6 is 0 Å². The minimum Gasteiger partial charge on any atom is -0.396 e. The third kappa shape index (κ3) is 2.11. The Kier molecular flexibility index (Phi) is 3.09. The van der Waals surface area contributed by atoms with Crippen LogP contribution in [0, 0.1) is 0 Å². The maximum absolute atomic E-state index is 11.2. The molecule has 2 aromatic rings. The van der Waals surface area contributed by atoms with Gasteiger partial charge in [-0.15, -0.1) is 0 Å². The van der Waals surface area contributed by atoms with Gasteiger partial charge < -0.3 is 11.5 Å². The fourth-order valence-corrected chi connectivity index (χ4v) is 2.57. The van der Waals surface area contributed by atoms with Gasteiger partial charge in [-0.05, 0) is 25.7 Å². The maximum atomic E-state index is 11.2. The van der Waals surface area contributed by atoms with Crippen molar-refractivity contribution in [1.82, 2.24) is 19.7 Å². The van der Waals surface area contributed by atoms with Crippen molar-refractivity contribution >= 4 is 11.6 Å². The molecular formula is C13H16N6O. The van der Waals surface area contributed by atoms with Crippen molar-refractivity contribution < 1.29 is 4.79 Å². The Morgan fingerprint density at radius 3 is 2.75 bits per heavy atom. The van der Waals surface area contributed by atoms with Gasteiger partial charge in [0.15, 0.2) is 11.5 Å². The van der Waals surface area contributed by atoms with Crippen LogP contribution in [0.3, 0.4) is 0 Å². The number of amides is 1. The van der Waals surface area contributed by atoms with Crippen LogP contribution in [0.1, 0.15) is 41.0 Å². The number of carbonyl (C=O) groups is 1. The molecule has 0 radical (unpaired) electrons. The van der Waals surface area contributed by atoms with Crippen LogP contribution in [0.15, 0.2) is 12.5 Å². The molecule has 2 aromatic heterocycles. The number of primary amides is 1. The first kappa shape index (κ1) is 12.6. The predicted octanol–water partition coefficient (Wildman–Crippen LogP) is 0.612. The highest BCUT2D eigenvalue weighted by molar-refractivity contribution is 5.95. The zero-order valence-electron chi connectivity index (χ0n) is 11.0. The second kappa shape index (κ2) is 4.92. The lowest BCUT2D eigenvalue weighted by molar-refractivity contribution is 0.0996. The van der Waals surface area contributed by atoms with Crippen LogP contribution in [0.4, 0.5) is 5.69 Å². The molecule has 7 heteroatoms. The van der Waals surface area contributed by atoms with Crippen LogP contribution in [0.2, 0.25) is 0 Å². The standard InChI is InChI=1S/C13H16N6O/c14-9-6-19(18-11(9)12(15)20)13-8-4-2-1-3-5-10(8)16-7-17-13/h6-7H,1-5,14H2,(H2,15,20). The van der Waals surface area contributed by atoms with Crippen molar-refractivity contribution in [3.05, 3.63) is 29.5 Å². The first-order chi connectivity index (χ1) is 9.66. The summed E-state index contributed by atoms with van der Waals surface area (Å²) in [4.78, 5) is 19.9. The van der Waals surface area contributed by atoms with Crippen LogP contribution < -0.4 is 11.5 Å². The number of rotatable bonds is 2. The molecule has 104 valence electrons. The number of aromatic nitrogens is 4. The van der Waals surface area contributed by atoms with Gasteiger partial charge >= 0.3 is 0 Å². The number of nitrogens with zero attached hydrogens (tertiary/aromatic N) is 4. The molecule has 0 aromatic carbocycles. The number of nitrogens with two attached hydrogens (primary N) is 2. The zero-order valence-corrected chi connectivity index (χ0v) is 11.0. The number of fused-ring (bicyclic) bond motifs is 1. The molecule has 0 aliphatic heterocycles. The third-order valence-electron chi connectivity index (χ3n) is 3.55. The second-order valence-corrected chi connectivity index (χ2v) is 4.93. The summed E-state index contributed by atoms with van der Waals surface area (Å²) in [5.74, 6) is 0.0532. The van der Waals surface area contributed by atoms with Crippen LogP contribution in [0.5, 0.6) is 0 Å². The van der Waals surface area contributed by atoms with Crippen LogP contribution in [-0.2, 0) is 12.8 Å². The van der Waals surface area contributed by atoms with Crippen molar-refractivity contribution in [3.8, 4) is 5.82 Å². The first-order valence-electron chi connectivity index (χ1n) is 6.65. The third-order valence-corrected chi connectivity index (χ3v) is 3.55. The van der Waals surface area contributed by atoms with Crippen molar-refractivity contribution in [2.75, 3.05) is 5.73 Å². The van der Waals surface area contributed by atoms with Gasteiger partial charge in [-0.1, -0.05) is 6.42 Å². The summed E-state index contributed by atoms with van der Waals surface area (Å²) < 4.78 is 1.53. The Labute approximate surface area is 116 Å². The zero-order chi connectivity index (χ0) is 14.1. The predicted molar refractivity (Wildman–Crippen MR) is 73.3 cm³/mol. The van der Waals surface area contributed by atoms with E-state index < -0.39 is 5.91 Å². The number of carbonyl (C=O) groups excluding carboxylic acids is 1. The van der Waals surface area contributed by atoms with Gasteiger partial charge in [0.25, 0.3) is 5.91 Å². The summed E-state index contributed by atoms with van der Waals surface area (Å²) in [7, 11) is 0. The number of anilines is 1. The molecule has 0 bridgehead atoms. The van der Waals surface area contributed by atoms with E-state index in [1.165, 1.54) is 17.4 Å². The molecule has 0 saturated heterocycles. The van der Waals surface area contributed by atoms with Gasteiger partial charge in [-0.3, -0.25) is 4.79 Å². The second-order valence-electron chi connectivity index (χ2n) is 4.93. The maximum Gasteiger partial charge on any atom is 0.271 e. The molecule has 2 heterocycles. The number of aryl methyl sites for hydroxylation is 1. The van der Waals surface area contributed by atoms with Gasteiger partial charge in [0.1, 0.15) is 6.33 Å². The van der Waals surface area contributed by atoms with E-state index in [0.29, 0.717) is 5.82 Å². The normalized spacial score (nSPS) is 14.6. The molecule has 20 heavy (non-hydrogen) atoms. The van der Waals surface area contributed by atoms with Gasteiger partial charge in [-0.2, -0.15) is 5.10 Å². The van der Waals surface area contributed by atoms with E-state index in [0.717, 1.165) is 36.9 Å². The van der Waals surface area contributed by atoms with Gasteiger partial charge in [0, 0.05) is 11.3 Å².